The fourth-order valence-corrected chi connectivity index (χ4v) is 3.06. The molecule has 1 fully saturated rings. The molecule has 0 radical (unpaired) electrons. The normalized spacial score (nSPS) is 15.3. The quantitative estimate of drug-likeness (QED) is 0.848. The molecular weight excluding hydrogens is 316 g/mol. The summed E-state index contributed by atoms with van der Waals surface area (Å²) in [4.78, 5) is 16.4. The summed E-state index contributed by atoms with van der Waals surface area (Å²) < 4.78 is 5.92. The van der Waals surface area contributed by atoms with Crippen LogP contribution >= 0.6 is 0 Å². The molecule has 1 aliphatic carbocycles. The monoisotopic (exact) mass is 340 g/mol. The Balaban J connectivity index is 1.65. The number of rotatable bonds is 6. The highest BCUT2D eigenvalue weighted by Crippen LogP contribution is 2.31. The number of aromatic nitrogens is 1. The molecule has 1 heterocycles. The summed E-state index contributed by atoms with van der Waals surface area (Å²) in [5, 5.41) is 12.9. The highest BCUT2D eigenvalue weighted by molar-refractivity contribution is 5.95. The molecule has 0 spiro atoms. The molecule has 1 amide bonds. The van der Waals surface area contributed by atoms with Crippen LogP contribution in [0.5, 0.6) is 5.75 Å². The molecule has 25 heavy (non-hydrogen) atoms. The van der Waals surface area contributed by atoms with E-state index in [9.17, 15) is 9.90 Å². The molecule has 2 N–H and O–H groups in total. The van der Waals surface area contributed by atoms with Crippen molar-refractivity contribution in [3.05, 3.63) is 58.9 Å². The number of hydrogen-bond acceptors (Lipinski definition) is 4. The first-order valence-corrected chi connectivity index (χ1v) is 8.60. The van der Waals surface area contributed by atoms with Crippen molar-refractivity contribution in [2.75, 3.05) is 6.54 Å². The fraction of sp³-hybridized carbons (Fsp3) is 0.400. The second-order valence-corrected chi connectivity index (χ2v) is 6.85. The number of nitrogens with zero attached hydrogens (tertiary/aromatic N) is 1. The fourth-order valence-electron chi connectivity index (χ4n) is 3.06. The molecule has 1 saturated carbocycles. The van der Waals surface area contributed by atoms with Crippen LogP contribution in [0.3, 0.4) is 0 Å². The second kappa shape index (κ2) is 7.23. The maximum Gasteiger partial charge on any atom is 0.251 e. The van der Waals surface area contributed by atoms with Gasteiger partial charge >= 0.3 is 0 Å². The van der Waals surface area contributed by atoms with Gasteiger partial charge in [0.15, 0.2) is 0 Å². The lowest BCUT2D eigenvalue weighted by Gasteiger charge is -2.36. The van der Waals surface area contributed by atoms with Crippen molar-refractivity contribution in [2.24, 2.45) is 0 Å². The molecule has 5 heteroatoms. The van der Waals surface area contributed by atoms with Crippen LogP contribution in [-0.4, -0.2) is 28.1 Å². The number of nitrogens with one attached hydrogen (secondary N) is 1. The molecule has 0 bridgehead atoms. The Labute approximate surface area is 148 Å². The highest BCUT2D eigenvalue weighted by Gasteiger charge is 2.34. The van der Waals surface area contributed by atoms with Crippen LogP contribution in [0.4, 0.5) is 0 Å². The van der Waals surface area contributed by atoms with Gasteiger partial charge in [0.25, 0.3) is 5.91 Å². The van der Waals surface area contributed by atoms with E-state index in [0.29, 0.717) is 18.7 Å². The standard InChI is InChI=1S/C20H24N2O3/c1-14-9-17(19(23)22-13-20(24)6-4-7-20)10-15(2)18(14)25-12-16-5-3-8-21-11-16/h3,5,8-11,24H,4,6-7,12-13H2,1-2H3,(H,22,23). The van der Waals surface area contributed by atoms with Crippen molar-refractivity contribution in [2.45, 2.75) is 45.3 Å². The minimum absolute atomic E-state index is 0.162. The van der Waals surface area contributed by atoms with E-state index in [-0.39, 0.29) is 5.91 Å². The van der Waals surface area contributed by atoms with Gasteiger partial charge in [-0.3, -0.25) is 9.78 Å². The number of aryl methyl sites for hydroxylation is 2. The van der Waals surface area contributed by atoms with E-state index in [0.717, 1.165) is 41.7 Å². The molecule has 0 aliphatic heterocycles. The first-order chi connectivity index (χ1) is 12.0. The van der Waals surface area contributed by atoms with E-state index in [1.54, 1.807) is 12.4 Å². The third-order valence-electron chi connectivity index (χ3n) is 4.69. The summed E-state index contributed by atoms with van der Waals surface area (Å²) in [7, 11) is 0. The van der Waals surface area contributed by atoms with Gasteiger partial charge in [0.2, 0.25) is 0 Å². The number of carbonyl (C=O) groups is 1. The van der Waals surface area contributed by atoms with Gasteiger partial charge in [0.05, 0.1) is 5.60 Å². The molecule has 5 nitrogen and oxygen atoms in total. The number of hydrogen-bond donors (Lipinski definition) is 2. The number of carbonyl (C=O) groups excluding carboxylic acids is 1. The summed E-state index contributed by atoms with van der Waals surface area (Å²) in [5.74, 6) is 0.628. The van der Waals surface area contributed by atoms with Crippen LogP contribution in [0.1, 0.15) is 46.3 Å². The number of pyridine rings is 1. The Morgan fingerprint density at radius 3 is 2.60 bits per heavy atom. The van der Waals surface area contributed by atoms with Crippen LogP contribution < -0.4 is 10.1 Å². The maximum absolute atomic E-state index is 12.4. The molecule has 2 aromatic rings. The van der Waals surface area contributed by atoms with E-state index < -0.39 is 5.60 Å². The first-order valence-electron chi connectivity index (χ1n) is 8.60. The Morgan fingerprint density at radius 1 is 1.32 bits per heavy atom. The number of ether oxygens (including phenoxy) is 1. The number of benzene rings is 1. The highest BCUT2D eigenvalue weighted by atomic mass is 16.5. The Bertz CT molecular complexity index is 732. The van der Waals surface area contributed by atoms with Crippen molar-refractivity contribution >= 4 is 5.91 Å². The summed E-state index contributed by atoms with van der Waals surface area (Å²) >= 11 is 0. The zero-order valence-corrected chi connectivity index (χ0v) is 14.7. The van der Waals surface area contributed by atoms with Gasteiger partial charge < -0.3 is 15.2 Å². The van der Waals surface area contributed by atoms with Crippen molar-refractivity contribution in [1.29, 1.82) is 0 Å². The molecule has 0 saturated heterocycles. The Hall–Kier alpha value is -2.40. The summed E-state index contributed by atoms with van der Waals surface area (Å²) in [6.07, 6.45) is 6.04. The predicted octanol–water partition coefficient (Wildman–Crippen LogP) is 2.92. The van der Waals surface area contributed by atoms with Crippen LogP contribution in [-0.2, 0) is 6.61 Å². The Morgan fingerprint density at radius 2 is 2.04 bits per heavy atom. The minimum atomic E-state index is -0.716. The average Bonchev–Trinajstić information content (AvgIpc) is 2.58. The van der Waals surface area contributed by atoms with E-state index in [1.807, 2.05) is 38.1 Å². The van der Waals surface area contributed by atoms with Crippen LogP contribution in [0.2, 0.25) is 0 Å². The van der Waals surface area contributed by atoms with Crippen LogP contribution in [0.15, 0.2) is 36.7 Å². The summed E-state index contributed by atoms with van der Waals surface area (Å²) in [6, 6.07) is 7.49. The summed E-state index contributed by atoms with van der Waals surface area (Å²) in [6.45, 7) is 4.61. The molecule has 0 unspecified atom stereocenters. The second-order valence-electron chi connectivity index (χ2n) is 6.85. The van der Waals surface area contributed by atoms with Gasteiger partial charge in [0.1, 0.15) is 12.4 Å². The topological polar surface area (TPSA) is 71.5 Å². The van der Waals surface area contributed by atoms with Crippen LogP contribution in [0.25, 0.3) is 0 Å². The van der Waals surface area contributed by atoms with E-state index in [1.165, 1.54) is 0 Å². The first kappa shape index (κ1) is 17.4. The van der Waals surface area contributed by atoms with Crippen molar-refractivity contribution in [3.63, 3.8) is 0 Å². The van der Waals surface area contributed by atoms with E-state index >= 15 is 0 Å². The zero-order valence-electron chi connectivity index (χ0n) is 14.7. The molecular formula is C20H24N2O3. The number of aliphatic hydroxyl groups is 1. The Kier molecular flexibility index (Phi) is 5.04. The van der Waals surface area contributed by atoms with Gasteiger partial charge in [-0.1, -0.05) is 6.07 Å². The smallest absolute Gasteiger partial charge is 0.251 e. The van der Waals surface area contributed by atoms with Crippen molar-refractivity contribution < 1.29 is 14.6 Å². The lowest BCUT2D eigenvalue weighted by molar-refractivity contribution is -0.0300. The summed E-state index contributed by atoms with van der Waals surface area (Å²) in [5.41, 5.74) is 2.70. The van der Waals surface area contributed by atoms with Crippen molar-refractivity contribution in [3.8, 4) is 5.75 Å². The lowest BCUT2D eigenvalue weighted by Crippen LogP contribution is -2.47. The average molecular weight is 340 g/mol. The molecule has 1 aromatic heterocycles. The van der Waals surface area contributed by atoms with Crippen LogP contribution in [0, 0.1) is 13.8 Å². The molecule has 1 aromatic carbocycles. The van der Waals surface area contributed by atoms with Gasteiger partial charge in [-0.25, -0.2) is 0 Å². The van der Waals surface area contributed by atoms with E-state index in [4.69, 9.17) is 4.74 Å². The minimum Gasteiger partial charge on any atom is -0.488 e. The largest absolute Gasteiger partial charge is 0.488 e. The van der Waals surface area contributed by atoms with Gasteiger partial charge in [-0.2, -0.15) is 0 Å². The van der Waals surface area contributed by atoms with Gasteiger partial charge in [-0.05, 0) is 62.4 Å². The third-order valence-corrected chi connectivity index (χ3v) is 4.69. The SMILES string of the molecule is Cc1cc(C(=O)NCC2(O)CCC2)cc(C)c1OCc1cccnc1. The van der Waals surface area contributed by atoms with Gasteiger partial charge in [0, 0.05) is 30.1 Å². The lowest BCUT2D eigenvalue weighted by atomic mass is 9.80. The predicted molar refractivity (Wildman–Crippen MR) is 95.6 cm³/mol. The third kappa shape index (κ3) is 4.17. The molecule has 0 atom stereocenters. The maximum atomic E-state index is 12.4. The number of amides is 1. The molecule has 1 aliphatic rings. The van der Waals surface area contributed by atoms with E-state index in [2.05, 4.69) is 10.3 Å². The molecule has 132 valence electrons. The molecule has 3 rings (SSSR count). The zero-order chi connectivity index (χ0) is 17.9. The van der Waals surface area contributed by atoms with Crippen molar-refractivity contribution in [1.82, 2.24) is 10.3 Å². The van der Waals surface area contributed by atoms with Gasteiger partial charge in [-0.15, -0.1) is 0 Å².